The maximum Gasteiger partial charge on any atom is 0.412 e. The summed E-state index contributed by atoms with van der Waals surface area (Å²) in [5.74, 6) is 0. The molecule has 7 heteroatoms. The molecule has 1 fully saturated rings. The predicted octanol–water partition coefficient (Wildman–Crippen LogP) is 0.938. The molecule has 1 amide bonds. The molecule has 82 valence electrons. The van der Waals surface area contributed by atoms with Crippen LogP contribution in [-0.2, 0) is 0 Å². The average Bonchev–Trinajstić information content (AvgIpc) is 2.02. The second-order valence-electron chi connectivity index (χ2n) is 3.29. The van der Waals surface area contributed by atoms with E-state index in [0.29, 0.717) is 13.0 Å². The summed E-state index contributed by atoms with van der Waals surface area (Å²) in [6, 6.07) is 0. The van der Waals surface area contributed by atoms with Crippen molar-refractivity contribution in [3.63, 3.8) is 0 Å². The third-order valence-electron chi connectivity index (χ3n) is 2.27. The van der Waals surface area contributed by atoms with E-state index in [0.717, 1.165) is 0 Å². The minimum Gasteiger partial charge on any atom is -0.465 e. The molecule has 0 aromatic carbocycles. The van der Waals surface area contributed by atoms with Gasteiger partial charge in [-0.3, -0.25) is 0 Å². The molecule has 0 aromatic rings. The van der Waals surface area contributed by atoms with E-state index in [4.69, 9.17) is 5.11 Å². The smallest absolute Gasteiger partial charge is 0.412 e. The Morgan fingerprint density at radius 3 is 2.50 bits per heavy atom. The number of hydrogen-bond acceptors (Lipinski definition) is 2. The minimum atomic E-state index is -4.56. The lowest BCUT2D eigenvalue weighted by atomic mass is 9.89. The summed E-state index contributed by atoms with van der Waals surface area (Å²) < 4.78 is 37.8. The highest BCUT2D eigenvalue weighted by Crippen LogP contribution is 2.35. The van der Waals surface area contributed by atoms with Crippen LogP contribution in [0.15, 0.2) is 0 Å². The first-order valence-electron chi connectivity index (χ1n) is 4.16. The largest absolute Gasteiger partial charge is 0.465 e. The summed E-state index contributed by atoms with van der Waals surface area (Å²) in [6.45, 7) is 0.0852. The van der Waals surface area contributed by atoms with E-state index < -0.39 is 24.4 Å². The van der Waals surface area contributed by atoms with Gasteiger partial charge in [0.15, 0.2) is 5.54 Å². The lowest BCUT2D eigenvalue weighted by molar-refractivity contribution is -0.198. The van der Waals surface area contributed by atoms with E-state index in [1.807, 2.05) is 0 Å². The Kier molecular flexibility index (Phi) is 2.89. The average molecular weight is 212 g/mol. The molecule has 3 N–H and O–H groups in total. The summed E-state index contributed by atoms with van der Waals surface area (Å²) in [7, 11) is 0. The van der Waals surface area contributed by atoms with Crippen molar-refractivity contribution in [1.82, 2.24) is 10.6 Å². The van der Waals surface area contributed by atoms with Crippen LogP contribution in [-0.4, -0.2) is 36.0 Å². The molecule has 1 heterocycles. The van der Waals surface area contributed by atoms with Gasteiger partial charge in [-0.15, -0.1) is 0 Å². The number of piperidine rings is 1. The van der Waals surface area contributed by atoms with Gasteiger partial charge in [-0.1, -0.05) is 0 Å². The molecule has 0 aliphatic carbocycles. The van der Waals surface area contributed by atoms with Gasteiger partial charge in [0.05, 0.1) is 0 Å². The van der Waals surface area contributed by atoms with E-state index in [9.17, 15) is 18.0 Å². The molecule has 1 aliphatic rings. The Balaban J connectivity index is 2.83. The SMILES string of the molecule is O=C(O)NC1(C(F)(F)F)CCCNC1. The highest BCUT2D eigenvalue weighted by molar-refractivity contribution is 5.66. The fourth-order valence-electron chi connectivity index (χ4n) is 1.53. The van der Waals surface area contributed by atoms with E-state index in [-0.39, 0.29) is 6.42 Å². The molecule has 0 spiro atoms. The molecule has 1 atom stereocenters. The van der Waals surface area contributed by atoms with Gasteiger partial charge in [0, 0.05) is 6.54 Å². The van der Waals surface area contributed by atoms with Gasteiger partial charge in [0.25, 0.3) is 0 Å². The number of carboxylic acid groups (broad SMARTS) is 1. The van der Waals surface area contributed by atoms with Crippen LogP contribution in [0.4, 0.5) is 18.0 Å². The Morgan fingerprint density at radius 1 is 1.50 bits per heavy atom. The molecular formula is C7H11F3N2O2. The van der Waals surface area contributed by atoms with Crippen molar-refractivity contribution in [2.24, 2.45) is 0 Å². The third kappa shape index (κ3) is 2.09. The number of halogens is 3. The monoisotopic (exact) mass is 212 g/mol. The van der Waals surface area contributed by atoms with Gasteiger partial charge in [-0.05, 0) is 19.4 Å². The Hall–Kier alpha value is -0.980. The van der Waals surface area contributed by atoms with Crippen molar-refractivity contribution in [2.75, 3.05) is 13.1 Å². The van der Waals surface area contributed by atoms with Crippen molar-refractivity contribution in [3.05, 3.63) is 0 Å². The number of hydrogen-bond donors (Lipinski definition) is 3. The number of carbonyl (C=O) groups is 1. The molecule has 1 saturated heterocycles. The van der Waals surface area contributed by atoms with Crippen LogP contribution in [0.1, 0.15) is 12.8 Å². The second-order valence-corrected chi connectivity index (χ2v) is 3.29. The van der Waals surface area contributed by atoms with Crippen molar-refractivity contribution >= 4 is 6.09 Å². The van der Waals surface area contributed by atoms with Crippen LogP contribution in [0.5, 0.6) is 0 Å². The Bertz CT molecular complexity index is 223. The topological polar surface area (TPSA) is 61.4 Å². The van der Waals surface area contributed by atoms with E-state index in [1.54, 1.807) is 5.32 Å². The summed E-state index contributed by atoms with van der Waals surface area (Å²) in [5, 5.41) is 12.5. The molecule has 1 unspecified atom stereocenters. The van der Waals surface area contributed by atoms with Gasteiger partial charge in [-0.2, -0.15) is 13.2 Å². The van der Waals surface area contributed by atoms with E-state index in [1.165, 1.54) is 0 Å². The van der Waals surface area contributed by atoms with Gasteiger partial charge in [-0.25, -0.2) is 4.79 Å². The third-order valence-corrected chi connectivity index (χ3v) is 2.27. The van der Waals surface area contributed by atoms with Crippen LogP contribution in [0, 0.1) is 0 Å². The first kappa shape index (κ1) is 11.1. The molecule has 0 aromatic heterocycles. The van der Waals surface area contributed by atoms with Crippen LogP contribution < -0.4 is 10.6 Å². The summed E-state index contributed by atoms with van der Waals surface area (Å²) >= 11 is 0. The summed E-state index contributed by atoms with van der Waals surface area (Å²) in [4.78, 5) is 10.3. The highest BCUT2D eigenvalue weighted by atomic mass is 19.4. The van der Waals surface area contributed by atoms with Crippen molar-refractivity contribution in [3.8, 4) is 0 Å². The standard InChI is InChI=1S/C7H11F3N2O2/c8-7(9,10)6(12-5(13)14)2-1-3-11-4-6/h11-12H,1-4H2,(H,13,14). The molecule has 1 aliphatic heterocycles. The van der Waals surface area contributed by atoms with Crippen LogP contribution in [0.3, 0.4) is 0 Å². The second kappa shape index (κ2) is 3.64. The first-order valence-corrected chi connectivity index (χ1v) is 4.16. The fraction of sp³-hybridized carbons (Fsp3) is 0.857. The number of alkyl halides is 3. The van der Waals surface area contributed by atoms with Crippen molar-refractivity contribution in [2.45, 2.75) is 24.6 Å². The summed E-state index contributed by atoms with van der Waals surface area (Å²) in [5.41, 5.74) is -2.32. The van der Waals surface area contributed by atoms with Crippen molar-refractivity contribution < 1.29 is 23.1 Å². The highest BCUT2D eigenvalue weighted by Gasteiger charge is 2.56. The zero-order chi connectivity index (χ0) is 10.8. The predicted molar refractivity (Wildman–Crippen MR) is 42.1 cm³/mol. The lowest BCUT2D eigenvalue weighted by Gasteiger charge is -2.38. The van der Waals surface area contributed by atoms with Gasteiger partial charge in [0.1, 0.15) is 0 Å². The molecule has 14 heavy (non-hydrogen) atoms. The number of rotatable bonds is 1. The quantitative estimate of drug-likeness (QED) is 0.606. The normalized spacial score (nSPS) is 28.5. The molecule has 0 bridgehead atoms. The van der Waals surface area contributed by atoms with Crippen LogP contribution >= 0.6 is 0 Å². The van der Waals surface area contributed by atoms with Crippen LogP contribution in [0.2, 0.25) is 0 Å². The zero-order valence-electron chi connectivity index (χ0n) is 7.32. The maximum absolute atomic E-state index is 12.6. The number of nitrogens with one attached hydrogen (secondary N) is 2. The fourth-order valence-corrected chi connectivity index (χ4v) is 1.53. The number of amides is 1. The molecule has 0 radical (unpaired) electrons. The van der Waals surface area contributed by atoms with E-state index >= 15 is 0 Å². The molecule has 1 rings (SSSR count). The Labute approximate surface area is 78.5 Å². The zero-order valence-corrected chi connectivity index (χ0v) is 7.32. The molecular weight excluding hydrogens is 201 g/mol. The first-order chi connectivity index (χ1) is 6.37. The van der Waals surface area contributed by atoms with E-state index in [2.05, 4.69) is 5.32 Å². The molecule has 4 nitrogen and oxygen atoms in total. The van der Waals surface area contributed by atoms with Gasteiger partial charge < -0.3 is 15.7 Å². The molecule has 0 saturated carbocycles. The Morgan fingerprint density at radius 2 is 2.14 bits per heavy atom. The van der Waals surface area contributed by atoms with Gasteiger partial charge in [0.2, 0.25) is 0 Å². The lowest BCUT2D eigenvalue weighted by Crippen LogP contribution is -2.65. The summed E-state index contributed by atoms with van der Waals surface area (Å²) in [6.07, 6.45) is -6.11. The van der Waals surface area contributed by atoms with Gasteiger partial charge >= 0.3 is 12.3 Å². The van der Waals surface area contributed by atoms with Crippen molar-refractivity contribution in [1.29, 1.82) is 0 Å². The minimum absolute atomic E-state index is 0.212. The van der Waals surface area contributed by atoms with Crippen LogP contribution in [0.25, 0.3) is 0 Å². The maximum atomic E-state index is 12.6.